The first kappa shape index (κ1) is 15.6. The first-order valence-corrected chi connectivity index (χ1v) is 8.27. The minimum absolute atomic E-state index is 0.145. The largest absolute Gasteiger partial charge is 0.465 e. The van der Waals surface area contributed by atoms with E-state index in [-0.39, 0.29) is 11.5 Å². The van der Waals surface area contributed by atoms with Crippen LogP contribution in [-0.2, 0) is 6.42 Å². The lowest BCUT2D eigenvalue weighted by atomic mass is 9.85. The SMILES string of the molecule is CC1(C)Cc2cc(-c3ccc4nccnc4c3)ccc2C1NC(=O)O. The highest BCUT2D eigenvalue weighted by atomic mass is 16.4. The van der Waals surface area contributed by atoms with Gasteiger partial charge in [0.15, 0.2) is 0 Å². The summed E-state index contributed by atoms with van der Waals surface area (Å²) in [7, 11) is 0. The van der Waals surface area contributed by atoms with E-state index in [1.54, 1.807) is 12.4 Å². The molecule has 0 aliphatic heterocycles. The fourth-order valence-corrected chi connectivity index (χ4v) is 3.77. The Labute approximate surface area is 145 Å². The Hall–Kier alpha value is -2.95. The smallest absolute Gasteiger partial charge is 0.405 e. The second-order valence-corrected chi connectivity index (χ2v) is 7.22. The van der Waals surface area contributed by atoms with Gasteiger partial charge in [-0.2, -0.15) is 0 Å². The molecule has 0 radical (unpaired) electrons. The lowest BCUT2D eigenvalue weighted by Gasteiger charge is -2.27. The van der Waals surface area contributed by atoms with E-state index in [0.29, 0.717) is 0 Å². The molecule has 1 unspecified atom stereocenters. The number of benzene rings is 2. The Balaban J connectivity index is 1.75. The van der Waals surface area contributed by atoms with Crippen LogP contribution in [0, 0.1) is 5.41 Å². The number of carbonyl (C=O) groups is 1. The van der Waals surface area contributed by atoms with Crippen LogP contribution in [0.3, 0.4) is 0 Å². The molecule has 3 aromatic rings. The number of rotatable bonds is 2. The first-order valence-electron chi connectivity index (χ1n) is 8.27. The number of carboxylic acid groups (broad SMARTS) is 1. The van der Waals surface area contributed by atoms with Crippen molar-refractivity contribution >= 4 is 17.1 Å². The van der Waals surface area contributed by atoms with E-state index >= 15 is 0 Å². The van der Waals surface area contributed by atoms with Gasteiger partial charge in [0.2, 0.25) is 0 Å². The van der Waals surface area contributed by atoms with Crippen LogP contribution in [0.4, 0.5) is 4.79 Å². The molecule has 2 N–H and O–H groups in total. The van der Waals surface area contributed by atoms with Crippen LogP contribution >= 0.6 is 0 Å². The van der Waals surface area contributed by atoms with E-state index in [2.05, 4.69) is 35.2 Å². The van der Waals surface area contributed by atoms with Gasteiger partial charge in [0.1, 0.15) is 0 Å². The summed E-state index contributed by atoms with van der Waals surface area (Å²) in [5.41, 5.74) is 6.05. The second kappa shape index (κ2) is 5.55. The number of fused-ring (bicyclic) bond motifs is 2. The molecule has 4 rings (SSSR count). The van der Waals surface area contributed by atoms with Gasteiger partial charge in [-0.15, -0.1) is 0 Å². The molecule has 126 valence electrons. The molecule has 1 heterocycles. The number of hydrogen-bond donors (Lipinski definition) is 2. The minimum atomic E-state index is -0.983. The Kier molecular flexibility index (Phi) is 3.46. The average Bonchev–Trinajstić information content (AvgIpc) is 2.83. The molecule has 1 aliphatic rings. The van der Waals surface area contributed by atoms with Crippen molar-refractivity contribution in [2.75, 3.05) is 0 Å². The molecule has 5 heteroatoms. The van der Waals surface area contributed by atoms with Crippen LogP contribution in [0.2, 0.25) is 0 Å². The maximum absolute atomic E-state index is 11.1. The third-order valence-electron chi connectivity index (χ3n) is 4.95. The van der Waals surface area contributed by atoms with Crippen molar-refractivity contribution in [3.8, 4) is 11.1 Å². The van der Waals surface area contributed by atoms with E-state index in [1.807, 2.05) is 30.3 Å². The van der Waals surface area contributed by atoms with E-state index < -0.39 is 6.09 Å². The van der Waals surface area contributed by atoms with Crippen molar-refractivity contribution in [3.05, 3.63) is 59.9 Å². The third kappa shape index (κ3) is 2.71. The molecular formula is C20H19N3O2. The predicted molar refractivity (Wildman–Crippen MR) is 96.4 cm³/mol. The Morgan fingerprint density at radius 3 is 2.52 bits per heavy atom. The zero-order valence-corrected chi connectivity index (χ0v) is 14.2. The number of nitrogens with one attached hydrogen (secondary N) is 1. The molecule has 5 nitrogen and oxygen atoms in total. The lowest BCUT2D eigenvalue weighted by molar-refractivity contribution is 0.175. The molecule has 0 saturated heterocycles. The summed E-state index contributed by atoms with van der Waals surface area (Å²) in [5, 5.41) is 11.8. The molecule has 25 heavy (non-hydrogen) atoms. The van der Waals surface area contributed by atoms with Crippen molar-refractivity contribution in [2.45, 2.75) is 26.3 Å². The highest BCUT2D eigenvalue weighted by molar-refractivity contribution is 5.81. The maximum atomic E-state index is 11.1. The zero-order chi connectivity index (χ0) is 17.6. The number of aromatic nitrogens is 2. The summed E-state index contributed by atoms with van der Waals surface area (Å²) in [6, 6.07) is 12.1. The Morgan fingerprint density at radius 1 is 1.08 bits per heavy atom. The summed E-state index contributed by atoms with van der Waals surface area (Å²) in [5.74, 6) is 0. The standard InChI is InChI=1S/C20H19N3O2/c1-20(2)11-14-9-12(3-5-15(14)18(20)23-19(24)25)13-4-6-16-17(10-13)22-8-7-21-16/h3-10,18,23H,11H2,1-2H3,(H,24,25). The van der Waals surface area contributed by atoms with Gasteiger partial charge in [-0.1, -0.05) is 38.1 Å². The number of nitrogens with zero attached hydrogens (tertiary/aromatic N) is 2. The van der Waals surface area contributed by atoms with E-state index in [1.165, 1.54) is 5.56 Å². The first-order chi connectivity index (χ1) is 11.9. The van der Waals surface area contributed by atoms with E-state index in [0.717, 1.165) is 34.1 Å². The Morgan fingerprint density at radius 2 is 1.76 bits per heavy atom. The molecule has 2 aromatic carbocycles. The molecule has 0 fully saturated rings. The van der Waals surface area contributed by atoms with Crippen LogP contribution in [-0.4, -0.2) is 21.2 Å². The van der Waals surface area contributed by atoms with Crippen molar-refractivity contribution in [1.82, 2.24) is 15.3 Å². The highest BCUT2D eigenvalue weighted by Gasteiger charge is 2.39. The van der Waals surface area contributed by atoms with Crippen molar-refractivity contribution in [3.63, 3.8) is 0 Å². The minimum Gasteiger partial charge on any atom is -0.465 e. The molecule has 0 spiro atoms. The van der Waals surface area contributed by atoms with Gasteiger partial charge in [0, 0.05) is 12.4 Å². The van der Waals surface area contributed by atoms with Crippen LogP contribution in [0.1, 0.15) is 31.0 Å². The van der Waals surface area contributed by atoms with Crippen LogP contribution in [0.5, 0.6) is 0 Å². The summed E-state index contributed by atoms with van der Waals surface area (Å²) in [4.78, 5) is 19.8. The predicted octanol–water partition coefficient (Wildman–Crippen LogP) is 4.19. The summed E-state index contributed by atoms with van der Waals surface area (Å²) in [6.07, 6.45) is 3.24. The summed E-state index contributed by atoms with van der Waals surface area (Å²) >= 11 is 0. The fourth-order valence-electron chi connectivity index (χ4n) is 3.77. The van der Waals surface area contributed by atoms with Gasteiger partial charge in [-0.05, 0) is 46.2 Å². The van der Waals surface area contributed by atoms with Gasteiger partial charge in [0.05, 0.1) is 17.1 Å². The van der Waals surface area contributed by atoms with Gasteiger partial charge in [-0.3, -0.25) is 9.97 Å². The molecule has 1 aromatic heterocycles. The zero-order valence-electron chi connectivity index (χ0n) is 14.2. The van der Waals surface area contributed by atoms with E-state index in [9.17, 15) is 4.79 Å². The van der Waals surface area contributed by atoms with Gasteiger partial charge in [-0.25, -0.2) is 4.79 Å². The average molecular weight is 333 g/mol. The van der Waals surface area contributed by atoms with Crippen LogP contribution in [0.15, 0.2) is 48.8 Å². The van der Waals surface area contributed by atoms with Gasteiger partial charge >= 0.3 is 6.09 Å². The molecule has 0 saturated carbocycles. The Bertz CT molecular complexity index is 982. The highest BCUT2D eigenvalue weighted by Crippen LogP contribution is 2.46. The van der Waals surface area contributed by atoms with Gasteiger partial charge in [0.25, 0.3) is 0 Å². The third-order valence-corrected chi connectivity index (χ3v) is 4.95. The molecule has 0 bridgehead atoms. The van der Waals surface area contributed by atoms with Crippen molar-refractivity contribution in [2.24, 2.45) is 5.41 Å². The monoisotopic (exact) mass is 333 g/mol. The summed E-state index contributed by atoms with van der Waals surface area (Å²) < 4.78 is 0. The molecular weight excluding hydrogens is 314 g/mol. The number of amides is 1. The normalized spacial score (nSPS) is 18.1. The van der Waals surface area contributed by atoms with Crippen LogP contribution < -0.4 is 5.32 Å². The van der Waals surface area contributed by atoms with Crippen molar-refractivity contribution < 1.29 is 9.90 Å². The maximum Gasteiger partial charge on any atom is 0.405 e. The fraction of sp³-hybridized carbons (Fsp3) is 0.250. The van der Waals surface area contributed by atoms with Gasteiger partial charge < -0.3 is 10.4 Å². The molecule has 1 aliphatic carbocycles. The molecule has 1 amide bonds. The summed E-state index contributed by atoms with van der Waals surface area (Å²) in [6.45, 7) is 4.19. The van der Waals surface area contributed by atoms with Crippen molar-refractivity contribution in [1.29, 1.82) is 0 Å². The second-order valence-electron chi connectivity index (χ2n) is 7.22. The quantitative estimate of drug-likeness (QED) is 0.737. The number of hydrogen-bond acceptors (Lipinski definition) is 3. The topological polar surface area (TPSA) is 75.1 Å². The molecule has 1 atom stereocenters. The lowest BCUT2D eigenvalue weighted by Crippen LogP contribution is -2.34. The van der Waals surface area contributed by atoms with Crippen LogP contribution in [0.25, 0.3) is 22.2 Å². The van der Waals surface area contributed by atoms with E-state index in [4.69, 9.17) is 5.11 Å².